The Morgan fingerprint density at radius 2 is 2.00 bits per heavy atom. The summed E-state index contributed by atoms with van der Waals surface area (Å²) in [6.07, 6.45) is 1.26. The van der Waals surface area contributed by atoms with Gasteiger partial charge in [-0.05, 0) is 5.92 Å². The molecule has 4 heteroatoms. The molecule has 1 rings (SSSR count). The largest absolute Gasteiger partial charge is 0.481 e. The van der Waals surface area contributed by atoms with E-state index in [9.17, 15) is 12.9 Å². The minimum absolute atomic E-state index is 0.0556. The summed E-state index contributed by atoms with van der Waals surface area (Å²) < 4.78 is 36.1. The molecule has 11 heavy (non-hydrogen) atoms. The van der Waals surface area contributed by atoms with Gasteiger partial charge in [-0.1, -0.05) is 38.4 Å². The van der Waals surface area contributed by atoms with Crippen molar-refractivity contribution in [3.05, 3.63) is 0 Å². The average molecular weight is 165 g/mol. The van der Waals surface area contributed by atoms with E-state index in [1.54, 1.807) is 0 Å². The molecule has 0 heterocycles. The predicted octanol–water partition coefficient (Wildman–Crippen LogP) is 3.27. The molecule has 3 unspecified atom stereocenters. The van der Waals surface area contributed by atoms with Crippen molar-refractivity contribution in [3.8, 4) is 0 Å². The van der Waals surface area contributed by atoms with E-state index in [0.717, 1.165) is 6.42 Å². The molecule has 0 nitrogen and oxygen atoms in total. The first-order chi connectivity index (χ1) is 4.96. The van der Waals surface area contributed by atoms with Crippen LogP contribution in [0.15, 0.2) is 0 Å². The fourth-order valence-corrected chi connectivity index (χ4v) is 1.63. The molecule has 0 amide bonds. The Kier molecular flexibility index (Phi) is 2.21. The fourth-order valence-electron chi connectivity index (χ4n) is 1.63. The van der Waals surface area contributed by atoms with Crippen LogP contribution in [0.1, 0.15) is 26.7 Å². The summed E-state index contributed by atoms with van der Waals surface area (Å²) in [5, 5.41) is 0. The van der Waals surface area contributed by atoms with Gasteiger partial charge in [-0.15, -0.1) is 0 Å². The Labute approximate surface area is 65.2 Å². The molecule has 0 aromatic heterocycles. The molecule has 3 atom stereocenters. The number of hydrogen-bond acceptors (Lipinski definition) is 0. The first kappa shape index (κ1) is 8.95. The summed E-state index contributed by atoms with van der Waals surface area (Å²) in [7, 11) is 0. The molecule has 1 aliphatic carbocycles. The van der Waals surface area contributed by atoms with Gasteiger partial charge in [0.2, 0.25) is 0 Å². The smallest absolute Gasteiger partial charge is 0.449 e. The second kappa shape index (κ2) is 2.72. The van der Waals surface area contributed by atoms with E-state index < -0.39 is 12.8 Å². The van der Waals surface area contributed by atoms with E-state index in [2.05, 4.69) is 0 Å². The van der Waals surface area contributed by atoms with Gasteiger partial charge in [-0.2, -0.15) is 0 Å². The van der Waals surface area contributed by atoms with Crippen LogP contribution in [0, 0.1) is 11.8 Å². The zero-order valence-electron chi connectivity index (χ0n) is 6.86. The first-order valence-corrected chi connectivity index (χ1v) is 4.16. The van der Waals surface area contributed by atoms with E-state index in [-0.39, 0.29) is 11.8 Å². The maximum Gasteiger partial charge on any atom is 0.481 e. The Morgan fingerprint density at radius 3 is 2.27 bits per heavy atom. The average Bonchev–Trinajstić information content (AvgIpc) is 2.62. The van der Waals surface area contributed by atoms with E-state index in [1.807, 2.05) is 13.8 Å². The minimum Gasteiger partial charge on any atom is -0.449 e. The van der Waals surface area contributed by atoms with Crippen LogP contribution in [0.3, 0.4) is 0 Å². The van der Waals surface area contributed by atoms with Crippen molar-refractivity contribution >= 4 is 6.98 Å². The third kappa shape index (κ3) is 1.91. The number of hydrogen-bond donors (Lipinski definition) is 0. The van der Waals surface area contributed by atoms with Crippen molar-refractivity contribution in [2.24, 2.45) is 11.8 Å². The topological polar surface area (TPSA) is 0 Å². The predicted molar refractivity (Wildman–Crippen MR) is 40.4 cm³/mol. The summed E-state index contributed by atoms with van der Waals surface area (Å²) >= 11 is 0. The highest BCUT2D eigenvalue weighted by molar-refractivity contribution is 6.61. The Bertz CT molecular complexity index is 143. The molecule has 0 spiro atoms. The molecular weight excluding hydrogens is 152 g/mol. The van der Waals surface area contributed by atoms with Gasteiger partial charge in [0.15, 0.2) is 0 Å². The zero-order valence-corrected chi connectivity index (χ0v) is 6.86. The van der Waals surface area contributed by atoms with Crippen LogP contribution in [0.4, 0.5) is 12.9 Å². The molecule has 1 saturated carbocycles. The maximum absolute atomic E-state index is 12.0. The molecule has 0 N–H and O–H groups in total. The highest BCUT2D eigenvalue weighted by Gasteiger charge is 2.51. The van der Waals surface area contributed by atoms with Gasteiger partial charge in [-0.3, -0.25) is 0 Å². The first-order valence-electron chi connectivity index (χ1n) is 4.16. The van der Waals surface area contributed by atoms with E-state index in [4.69, 9.17) is 0 Å². The Morgan fingerprint density at radius 1 is 1.45 bits per heavy atom. The van der Waals surface area contributed by atoms with E-state index >= 15 is 0 Å². The van der Waals surface area contributed by atoms with Gasteiger partial charge >= 0.3 is 6.98 Å². The summed E-state index contributed by atoms with van der Waals surface area (Å²) in [6.45, 7) is -0.677. The van der Waals surface area contributed by atoms with Crippen LogP contribution >= 0.6 is 0 Å². The van der Waals surface area contributed by atoms with Crippen LogP contribution in [0.25, 0.3) is 0 Å². The van der Waals surface area contributed by atoms with Gasteiger partial charge in [0.25, 0.3) is 0 Å². The van der Waals surface area contributed by atoms with Crippen LogP contribution < -0.4 is 0 Å². The van der Waals surface area contributed by atoms with Crippen molar-refractivity contribution in [1.29, 1.82) is 0 Å². The summed E-state index contributed by atoms with van der Waals surface area (Å²) in [6, 6.07) is 0. The lowest BCUT2D eigenvalue weighted by molar-refractivity contribution is 0.431. The van der Waals surface area contributed by atoms with Crippen molar-refractivity contribution in [2.75, 3.05) is 0 Å². The third-order valence-electron chi connectivity index (χ3n) is 2.75. The van der Waals surface area contributed by atoms with Crippen molar-refractivity contribution in [2.45, 2.75) is 32.5 Å². The molecule has 0 aliphatic heterocycles. The molecule has 0 aromatic carbocycles. The molecule has 0 bridgehead atoms. The second-order valence-electron chi connectivity index (χ2n) is 3.57. The van der Waals surface area contributed by atoms with Crippen LogP contribution in [-0.4, -0.2) is 6.98 Å². The van der Waals surface area contributed by atoms with Crippen molar-refractivity contribution in [3.63, 3.8) is 0 Å². The Balaban J connectivity index is 2.37. The summed E-state index contributed by atoms with van der Waals surface area (Å²) in [4.78, 5) is 0. The molecule has 0 saturated heterocycles. The molecule has 1 fully saturated rings. The van der Waals surface area contributed by atoms with Crippen LogP contribution in [-0.2, 0) is 0 Å². The minimum atomic E-state index is -4.53. The summed E-state index contributed by atoms with van der Waals surface area (Å²) in [5.41, 5.74) is 0. The molecule has 1 aliphatic rings. The fraction of sp³-hybridized carbons (Fsp3) is 1.00. The lowest BCUT2D eigenvalue weighted by Crippen LogP contribution is -2.17. The molecule has 66 valence electrons. The molecular formula is C7H13BF3-. The normalized spacial score (nSPS) is 33.5. The quantitative estimate of drug-likeness (QED) is 0.563. The van der Waals surface area contributed by atoms with Gasteiger partial charge in [0, 0.05) is 0 Å². The second-order valence-corrected chi connectivity index (χ2v) is 3.57. The lowest BCUT2D eigenvalue weighted by Gasteiger charge is -2.15. The van der Waals surface area contributed by atoms with Gasteiger partial charge in [0.05, 0.1) is 0 Å². The van der Waals surface area contributed by atoms with Crippen molar-refractivity contribution in [1.82, 2.24) is 0 Å². The SMILES string of the molecule is CCC(C)C1CC1[B-](F)(F)F. The van der Waals surface area contributed by atoms with Crippen LogP contribution in [0.2, 0.25) is 5.82 Å². The van der Waals surface area contributed by atoms with Crippen LogP contribution in [0.5, 0.6) is 0 Å². The lowest BCUT2D eigenvalue weighted by atomic mass is 9.79. The summed E-state index contributed by atoms with van der Waals surface area (Å²) in [5.74, 6) is -0.728. The Hall–Kier alpha value is -0.145. The standard InChI is InChI=1S/C7H13BF3/c1-3-5(2)6-4-7(6)8(9,10)11/h5-7H,3-4H2,1-2H3/q-1. The van der Waals surface area contributed by atoms with E-state index in [0.29, 0.717) is 6.42 Å². The maximum atomic E-state index is 12.0. The molecule has 0 radical (unpaired) electrons. The van der Waals surface area contributed by atoms with E-state index in [1.165, 1.54) is 0 Å². The highest BCUT2D eigenvalue weighted by Crippen LogP contribution is 2.57. The van der Waals surface area contributed by atoms with Gasteiger partial charge < -0.3 is 12.9 Å². The monoisotopic (exact) mass is 165 g/mol. The molecule has 0 aromatic rings. The zero-order chi connectivity index (χ0) is 8.65. The van der Waals surface area contributed by atoms with Crippen molar-refractivity contribution < 1.29 is 12.9 Å². The third-order valence-corrected chi connectivity index (χ3v) is 2.75. The number of rotatable bonds is 3. The van der Waals surface area contributed by atoms with Gasteiger partial charge in [0.1, 0.15) is 0 Å². The highest BCUT2D eigenvalue weighted by atomic mass is 19.4. The van der Waals surface area contributed by atoms with Gasteiger partial charge in [-0.25, -0.2) is 0 Å². The number of halogens is 3.